The summed E-state index contributed by atoms with van der Waals surface area (Å²) in [6.45, 7) is 4.53. The molecule has 13 heavy (non-hydrogen) atoms. The van der Waals surface area contributed by atoms with E-state index in [1.807, 2.05) is 0 Å². The Labute approximate surface area is 80.3 Å². The van der Waals surface area contributed by atoms with E-state index in [-0.39, 0.29) is 0 Å². The molecule has 1 aromatic rings. The standard InChI is InChI=1S/C13H16/c1-3-11-8-10(2)9-12-6-4-5-7-13(11)12/h4-8,10H,3,9H2,1-2H3. The second kappa shape index (κ2) is 3.37. The fourth-order valence-corrected chi connectivity index (χ4v) is 2.16. The van der Waals surface area contributed by atoms with E-state index >= 15 is 0 Å². The van der Waals surface area contributed by atoms with E-state index < -0.39 is 0 Å². The van der Waals surface area contributed by atoms with Crippen LogP contribution < -0.4 is 0 Å². The Kier molecular flexibility index (Phi) is 2.22. The zero-order valence-corrected chi connectivity index (χ0v) is 8.38. The van der Waals surface area contributed by atoms with Gasteiger partial charge in [-0.1, -0.05) is 44.2 Å². The lowest BCUT2D eigenvalue weighted by atomic mass is 9.85. The molecule has 1 aromatic carbocycles. The molecule has 0 heterocycles. The molecule has 1 aliphatic carbocycles. The van der Waals surface area contributed by atoms with Gasteiger partial charge in [-0.2, -0.15) is 0 Å². The molecule has 0 nitrogen and oxygen atoms in total. The van der Waals surface area contributed by atoms with Crippen molar-refractivity contribution in [2.45, 2.75) is 26.7 Å². The van der Waals surface area contributed by atoms with Crippen molar-refractivity contribution in [2.24, 2.45) is 5.92 Å². The molecule has 1 aliphatic rings. The topological polar surface area (TPSA) is 0 Å². The molecule has 0 spiro atoms. The van der Waals surface area contributed by atoms with E-state index in [9.17, 15) is 0 Å². The molecule has 0 saturated carbocycles. The largest absolute Gasteiger partial charge is 0.0775 e. The zero-order valence-electron chi connectivity index (χ0n) is 8.38. The lowest BCUT2D eigenvalue weighted by molar-refractivity contribution is 0.710. The van der Waals surface area contributed by atoms with Gasteiger partial charge >= 0.3 is 0 Å². The molecule has 0 heteroatoms. The summed E-state index contributed by atoms with van der Waals surface area (Å²) in [7, 11) is 0. The first-order chi connectivity index (χ1) is 6.31. The first-order valence-corrected chi connectivity index (χ1v) is 5.10. The van der Waals surface area contributed by atoms with Crippen molar-refractivity contribution in [1.29, 1.82) is 0 Å². The van der Waals surface area contributed by atoms with Crippen molar-refractivity contribution in [2.75, 3.05) is 0 Å². The maximum atomic E-state index is 2.42. The van der Waals surface area contributed by atoms with Crippen LogP contribution in [-0.4, -0.2) is 0 Å². The summed E-state index contributed by atoms with van der Waals surface area (Å²) in [6.07, 6.45) is 4.78. The summed E-state index contributed by atoms with van der Waals surface area (Å²) in [5.74, 6) is 0.713. The van der Waals surface area contributed by atoms with Gasteiger partial charge in [-0.25, -0.2) is 0 Å². The van der Waals surface area contributed by atoms with Crippen LogP contribution in [0.3, 0.4) is 0 Å². The summed E-state index contributed by atoms with van der Waals surface area (Å²) < 4.78 is 0. The molecule has 0 aliphatic heterocycles. The summed E-state index contributed by atoms with van der Waals surface area (Å²) in [5, 5.41) is 0. The monoisotopic (exact) mass is 172 g/mol. The lowest BCUT2D eigenvalue weighted by Gasteiger charge is -2.20. The van der Waals surface area contributed by atoms with Crippen LogP contribution in [0, 0.1) is 5.92 Å². The molecule has 68 valence electrons. The Balaban J connectivity index is 2.49. The minimum Gasteiger partial charge on any atom is -0.0775 e. The maximum absolute atomic E-state index is 2.42. The summed E-state index contributed by atoms with van der Waals surface area (Å²) in [5.41, 5.74) is 4.52. The lowest BCUT2D eigenvalue weighted by Crippen LogP contribution is -2.06. The molecule has 0 bridgehead atoms. The number of rotatable bonds is 1. The van der Waals surface area contributed by atoms with E-state index in [0.717, 1.165) is 6.42 Å². The predicted octanol–water partition coefficient (Wildman–Crippen LogP) is 3.67. The summed E-state index contributed by atoms with van der Waals surface area (Å²) in [6, 6.07) is 8.79. The molecule has 1 atom stereocenters. The number of allylic oxidation sites excluding steroid dienone is 2. The zero-order chi connectivity index (χ0) is 9.26. The van der Waals surface area contributed by atoms with Gasteiger partial charge in [0.2, 0.25) is 0 Å². The van der Waals surface area contributed by atoms with Gasteiger partial charge in [0.05, 0.1) is 0 Å². The average Bonchev–Trinajstić information content (AvgIpc) is 2.16. The molecule has 0 amide bonds. The number of fused-ring (bicyclic) bond motifs is 1. The van der Waals surface area contributed by atoms with Gasteiger partial charge in [0.15, 0.2) is 0 Å². The van der Waals surface area contributed by atoms with Crippen molar-refractivity contribution < 1.29 is 0 Å². The molecule has 0 fully saturated rings. The first kappa shape index (κ1) is 8.55. The normalized spacial score (nSPS) is 20.8. The molecule has 0 saturated heterocycles. The fraction of sp³-hybridized carbons (Fsp3) is 0.385. The van der Waals surface area contributed by atoms with E-state index in [2.05, 4.69) is 44.2 Å². The second-order valence-electron chi connectivity index (χ2n) is 3.88. The fourth-order valence-electron chi connectivity index (χ4n) is 2.16. The third-order valence-corrected chi connectivity index (χ3v) is 2.77. The van der Waals surface area contributed by atoms with Crippen molar-refractivity contribution >= 4 is 5.57 Å². The van der Waals surface area contributed by atoms with Crippen molar-refractivity contribution in [3.8, 4) is 0 Å². The highest BCUT2D eigenvalue weighted by Crippen LogP contribution is 2.30. The quantitative estimate of drug-likeness (QED) is 0.606. The maximum Gasteiger partial charge on any atom is -0.0195 e. The summed E-state index contributed by atoms with van der Waals surface area (Å²) in [4.78, 5) is 0. The molecular formula is C13H16. The highest BCUT2D eigenvalue weighted by Gasteiger charge is 2.14. The number of hydrogen-bond donors (Lipinski definition) is 0. The van der Waals surface area contributed by atoms with Gasteiger partial charge in [0.25, 0.3) is 0 Å². The Morgan fingerprint density at radius 3 is 2.85 bits per heavy atom. The molecule has 0 N–H and O–H groups in total. The Morgan fingerprint density at radius 1 is 1.31 bits per heavy atom. The first-order valence-electron chi connectivity index (χ1n) is 5.10. The molecule has 2 rings (SSSR count). The Bertz CT molecular complexity index is 334. The van der Waals surface area contributed by atoms with Gasteiger partial charge in [-0.3, -0.25) is 0 Å². The smallest absolute Gasteiger partial charge is 0.0195 e. The van der Waals surface area contributed by atoms with Crippen LogP contribution in [0.2, 0.25) is 0 Å². The molecule has 0 radical (unpaired) electrons. The van der Waals surface area contributed by atoms with Gasteiger partial charge < -0.3 is 0 Å². The van der Waals surface area contributed by atoms with Crippen LogP contribution in [0.1, 0.15) is 31.4 Å². The SMILES string of the molecule is CCC1=CC(C)Cc2ccccc21. The van der Waals surface area contributed by atoms with Crippen LogP contribution in [0.15, 0.2) is 30.3 Å². The van der Waals surface area contributed by atoms with Crippen LogP contribution in [0.25, 0.3) is 5.57 Å². The Hall–Kier alpha value is -1.04. The molecule has 1 unspecified atom stereocenters. The van der Waals surface area contributed by atoms with Gasteiger partial charge in [0, 0.05) is 0 Å². The van der Waals surface area contributed by atoms with Gasteiger partial charge in [-0.05, 0) is 35.5 Å². The summed E-state index contributed by atoms with van der Waals surface area (Å²) >= 11 is 0. The third-order valence-electron chi connectivity index (χ3n) is 2.77. The number of hydrogen-bond acceptors (Lipinski definition) is 0. The third kappa shape index (κ3) is 1.53. The van der Waals surface area contributed by atoms with E-state index in [1.165, 1.54) is 23.1 Å². The van der Waals surface area contributed by atoms with Crippen molar-refractivity contribution in [1.82, 2.24) is 0 Å². The van der Waals surface area contributed by atoms with Crippen molar-refractivity contribution in [3.63, 3.8) is 0 Å². The predicted molar refractivity (Wildman–Crippen MR) is 57.6 cm³/mol. The van der Waals surface area contributed by atoms with Gasteiger partial charge in [-0.15, -0.1) is 0 Å². The average molecular weight is 172 g/mol. The second-order valence-corrected chi connectivity index (χ2v) is 3.88. The highest BCUT2D eigenvalue weighted by molar-refractivity contribution is 5.70. The van der Waals surface area contributed by atoms with Crippen LogP contribution in [0.4, 0.5) is 0 Å². The van der Waals surface area contributed by atoms with Crippen LogP contribution in [-0.2, 0) is 6.42 Å². The van der Waals surface area contributed by atoms with Crippen molar-refractivity contribution in [3.05, 3.63) is 41.5 Å². The van der Waals surface area contributed by atoms with E-state index in [0.29, 0.717) is 5.92 Å². The highest BCUT2D eigenvalue weighted by atomic mass is 14.2. The minimum absolute atomic E-state index is 0.713. The Morgan fingerprint density at radius 2 is 2.08 bits per heavy atom. The van der Waals surface area contributed by atoms with Crippen LogP contribution >= 0.6 is 0 Å². The van der Waals surface area contributed by atoms with Crippen LogP contribution in [0.5, 0.6) is 0 Å². The molecular weight excluding hydrogens is 156 g/mol. The molecule has 0 aromatic heterocycles. The van der Waals surface area contributed by atoms with E-state index in [4.69, 9.17) is 0 Å². The van der Waals surface area contributed by atoms with E-state index in [1.54, 1.807) is 0 Å². The number of benzene rings is 1. The minimum atomic E-state index is 0.713. The van der Waals surface area contributed by atoms with Gasteiger partial charge in [0.1, 0.15) is 0 Å².